The Labute approximate surface area is 175 Å². The van der Waals surface area contributed by atoms with Crippen LogP contribution >= 0.6 is 0 Å². The van der Waals surface area contributed by atoms with Crippen molar-refractivity contribution in [1.82, 2.24) is 4.90 Å². The van der Waals surface area contributed by atoms with Gasteiger partial charge >= 0.3 is 0 Å². The maximum Gasteiger partial charge on any atom is 0.228 e. The summed E-state index contributed by atoms with van der Waals surface area (Å²) in [5.74, 6) is 0.0684. The topological polar surface area (TPSA) is 61.9 Å². The first-order valence-electron chi connectivity index (χ1n) is 10.3. The molecule has 1 fully saturated rings. The van der Waals surface area contributed by atoms with Crippen LogP contribution in [-0.4, -0.2) is 50.0 Å². The number of rotatable bonds is 6. The molecule has 0 radical (unpaired) electrons. The molecule has 2 aromatic carbocycles. The Morgan fingerprint density at radius 3 is 2.70 bits per heavy atom. The molecule has 2 aromatic rings. The molecule has 4 rings (SSSR count). The number of piperazine rings is 1. The van der Waals surface area contributed by atoms with Gasteiger partial charge in [-0.1, -0.05) is 12.1 Å². The van der Waals surface area contributed by atoms with E-state index in [1.807, 2.05) is 17.0 Å². The van der Waals surface area contributed by atoms with Crippen LogP contribution in [0.3, 0.4) is 0 Å². The maximum absolute atomic E-state index is 13.6. The highest BCUT2D eigenvalue weighted by Crippen LogP contribution is 2.26. The quantitative estimate of drug-likeness (QED) is 0.794. The zero-order valence-electron chi connectivity index (χ0n) is 17.1. The van der Waals surface area contributed by atoms with Crippen LogP contribution < -0.4 is 15.0 Å². The average Bonchev–Trinajstić information content (AvgIpc) is 3.13. The first-order chi connectivity index (χ1) is 14.5. The third-order valence-electron chi connectivity index (χ3n) is 5.78. The summed E-state index contributed by atoms with van der Waals surface area (Å²) in [7, 11) is 1.46. The molecule has 30 heavy (non-hydrogen) atoms. The standard InChI is InChI=1S/C23H26FN3O3/c1-30-21-15-18(6-7-19(21)24)26-9-11-27(12-10-26)23(29)4-2-3-16-5-8-20-17(13-16)14-22(28)25-20/h5-8,13,15H,2-4,9-12,14H2,1H3,(H,25,28). The highest BCUT2D eigenvalue weighted by molar-refractivity contribution is 5.99. The van der Waals surface area contributed by atoms with E-state index in [4.69, 9.17) is 4.74 Å². The second-order valence-corrected chi connectivity index (χ2v) is 7.76. The molecule has 2 heterocycles. The highest BCUT2D eigenvalue weighted by atomic mass is 19.1. The predicted octanol–water partition coefficient (Wildman–Crippen LogP) is 3.00. The number of aryl methyl sites for hydroxylation is 1. The number of ether oxygens (including phenoxy) is 1. The van der Waals surface area contributed by atoms with E-state index in [2.05, 4.69) is 16.3 Å². The lowest BCUT2D eigenvalue weighted by Crippen LogP contribution is -2.48. The molecule has 0 saturated carbocycles. The molecule has 6 nitrogen and oxygen atoms in total. The van der Waals surface area contributed by atoms with Crippen molar-refractivity contribution < 1.29 is 18.7 Å². The van der Waals surface area contributed by atoms with Gasteiger partial charge in [0, 0.05) is 50.0 Å². The molecule has 0 aromatic heterocycles. The Hall–Kier alpha value is -3.09. The molecule has 0 unspecified atom stereocenters. The number of halogens is 1. The normalized spacial score (nSPS) is 15.7. The SMILES string of the molecule is COc1cc(N2CCN(C(=O)CCCc3ccc4c(c3)CC(=O)N4)CC2)ccc1F. The molecule has 0 bridgehead atoms. The number of hydrogen-bond donors (Lipinski definition) is 1. The van der Waals surface area contributed by atoms with Crippen LogP contribution in [0.2, 0.25) is 0 Å². The minimum absolute atomic E-state index is 0.0375. The summed E-state index contributed by atoms with van der Waals surface area (Å²) in [5, 5.41) is 2.84. The third-order valence-corrected chi connectivity index (χ3v) is 5.78. The molecule has 0 atom stereocenters. The summed E-state index contributed by atoms with van der Waals surface area (Å²) < 4.78 is 18.7. The van der Waals surface area contributed by atoms with Crippen molar-refractivity contribution in [3.63, 3.8) is 0 Å². The summed E-state index contributed by atoms with van der Waals surface area (Å²) >= 11 is 0. The van der Waals surface area contributed by atoms with Crippen LogP contribution in [0.4, 0.5) is 15.8 Å². The lowest BCUT2D eigenvalue weighted by atomic mass is 10.0. The Balaban J connectivity index is 1.24. The van der Waals surface area contributed by atoms with E-state index >= 15 is 0 Å². The maximum atomic E-state index is 13.6. The van der Waals surface area contributed by atoms with Gasteiger partial charge in [0.1, 0.15) is 0 Å². The minimum atomic E-state index is -0.374. The summed E-state index contributed by atoms with van der Waals surface area (Å²) in [4.78, 5) is 28.1. The molecule has 2 aliphatic rings. The fourth-order valence-electron chi connectivity index (χ4n) is 4.10. The monoisotopic (exact) mass is 411 g/mol. The van der Waals surface area contributed by atoms with Crippen LogP contribution in [0.1, 0.15) is 24.0 Å². The zero-order chi connectivity index (χ0) is 21.1. The van der Waals surface area contributed by atoms with Crippen molar-refractivity contribution in [2.45, 2.75) is 25.7 Å². The summed E-state index contributed by atoms with van der Waals surface area (Å²) in [6.45, 7) is 2.75. The number of methoxy groups -OCH3 is 1. The molecule has 158 valence electrons. The fourth-order valence-corrected chi connectivity index (χ4v) is 4.10. The summed E-state index contributed by atoms with van der Waals surface area (Å²) in [6, 6.07) is 10.9. The van der Waals surface area contributed by atoms with E-state index in [-0.39, 0.29) is 23.4 Å². The Bertz CT molecular complexity index is 955. The number of fused-ring (bicyclic) bond motifs is 1. The van der Waals surface area contributed by atoms with Gasteiger partial charge in [-0.2, -0.15) is 0 Å². The molecular weight excluding hydrogens is 385 g/mol. The van der Waals surface area contributed by atoms with Crippen LogP contribution in [0.5, 0.6) is 5.75 Å². The van der Waals surface area contributed by atoms with Crippen molar-refractivity contribution in [3.8, 4) is 5.75 Å². The number of hydrogen-bond acceptors (Lipinski definition) is 4. The predicted molar refractivity (Wildman–Crippen MR) is 113 cm³/mol. The number of nitrogens with one attached hydrogen (secondary N) is 1. The van der Waals surface area contributed by atoms with E-state index < -0.39 is 0 Å². The Morgan fingerprint density at radius 2 is 1.93 bits per heavy atom. The van der Waals surface area contributed by atoms with E-state index in [1.54, 1.807) is 12.1 Å². The van der Waals surface area contributed by atoms with E-state index in [0.717, 1.165) is 35.3 Å². The first-order valence-corrected chi connectivity index (χ1v) is 10.3. The van der Waals surface area contributed by atoms with Crippen LogP contribution in [0.15, 0.2) is 36.4 Å². The molecule has 1 N–H and O–H groups in total. The third kappa shape index (κ3) is 4.40. The Kier molecular flexibility index (Phi) is 5.88. The van der Waals surface area contributed by atoms with Crippen molar-refractivity contribution in [2.24, 2.45) is 0 Å². The number of amides is 2. The van der Waals surface area contributed by atoms with Crippen molar-refractivity contribution in [2.75, 3.05) is 43.5 Å². The van der Waals surface area contributed by atoms with Gasteiger partial charge in [-0.25, -0.2) is 4.39 Å². The highest BCUT2D eigenvalue weighted by Gasteiger charge is 2.22. The van der Waals surface area contributed by atoms with Crippen molar-refractivity contribution in [1.29, 1.82) is 0 Å². The van der Waals surface area contributed by atoms with Gasteiger partial charge in [0.15, 0.2) is 11.6 Å². The second-order valence-electron chi connectivity index (χ2n) is 7.76. The molecule has 0 spiro atoms. The van der Waals surface area contributed by atoms with Crippen LogP contribution in [0.25, 0.3) is 0 Å². The number of carbonyl (C=O) groups excluding carboxylic acids is 2. The average molecular weight is 411 g/mol. The molecule has 7 heteroatoms. The number of carbonyl (C=O) groups is 2. The first kappa shape index (κ1) is 20.2. The van der Waals surface area contributed by atoms with E-state index in [0.29, 0.717) is 39.0 Å². The molecule has 0 aliphatic carbocycles. The molecular formula is C23H26FN3O3. The van der Waals surface area contributed by atoms with E-state index in [9.17, 15) is 14.0 Å². The van der Waals surface area contributed by atoms with Gasteiger partial charge in [0.25, 0.3) is 0 Å². The van der Waals surface area contributed by atoms with Crippen LogP contribution in [-0.2, 0) is 22.4 Å². The van der Waals surface area contributed by atoms with Gasteiger partial charge in [-0.15, -0.1) is 0 Å². The minimum Gasteiger partial charge on any atom is -0.494 e. The fraction of sp³-hybridized carbons (Fsp3) is 0.391. The largest absolute Gasteiger partial charge is 0.494 e. The zero-order valence-corrected chi connectivity index (χ0v) is 17.1. The van der Waals surface area contributed by atoms with Gasteiger partial charge in [0.05, 0.1) is 13.5 Å². The van der Waals surface area contributed by atoms with Gasteiger partial charge in [-0.05, 0) is 42.2 Å². The van der Waals surface area contributed by atoms with Crippen LogP contribution in [0, 0.1) is 5.82 Å². The van der Waals surface area contributed by atoms with Gasteiger partial charge < -0.3 is 19.9 Å². The number of benzene rings is 2. The number of anilines is 2. The molecule has 1 saturated heterocycles. The van der Waals surface area contributed by atoms with Crippen molar-refractivity contribution >= 4 is 23.2 Å². The Morgan fingerprint density at radius 1 is 1.13 bits per heavy atom. The lowest BCUT2D eigenvalue weighted by molar-refractivity contribution is -0.131. The summed E-state index contributed by atoms with van der Waals surface area (Å²) in [6.07, 6.45) is 2.56. The summed E-state index contributed by atoms with van der Waals surface area (Å²) in [5.41, 5.74) is 4.01. The van der Waals surface area contributed by atoms with Gasteiger partial charge in [0.2, 0.25) is 11.8 Å². The van der Waals surface area contributed by atoms with E-state index in [1.165, 1.54) is 13.2 Å². The number of nitrogens with zero attached hydrogens (tertiary/aromatic N) is 2. The smallest absolute Gasteiger partial charge is 0.228 e. The second kappa shape index (κ2) is 8.73. The molecule has 2 amide bonds. The lowest BCUT2D eigenvalue weighted by Gasteiger charge is -2.36. The van der Waals surface area contributed by atoms with Crippen molar-refractivity contribution in [3.05, 3.63) is 53.3 Å². The molecule has 2 aliphatic heterocycles. The van der Waals surface area contributed by atoms with Gasteiger partial charge in [-0.3, -0.25) is 9.59 Å².